The van der Waals surface area contributed by atoms with Gasteiger partial charge in [0, 0.05) is 6.04 Å². The SMILES string of the molecule is N#Cc1c(F)cccc1[C@H]1CCCN1. The van der Waals surface area contributed by atoms with Crippen molar-refractivity contribution in [1.29, 1.82) is 5.26 Å². The molecule has 1 fully saturated rings. The second-order valence-electron chi connectivity index (χ2n) is 3.46. The van der Waals surface area contributed by atoms with Crippen molar-refractivity contribution in [3.05, 3.63) is 35.1 Å². The van der Waals surface area contributed by atoms with Crippen molar-refractivity contribution in [2.24, 2.45) is 0 Å². The third-order valence-electron chi connectivity index (χ3n) is 2.59. The maximum atomic E-state index is 13.3. The number of benzene rings is 1. The van der Waals surface area contributed by atoms with Gasteiger partial charge in [-0.3, -0.25) is 0 Å². The van der Waals surface area contributed by atoms with Crippen LogP contribution >= 0.6 is 0 Å². The van der Waals surface area contributed by atoms with Gasteiger partial charge in [0.25, 0.3) is 0 Å². The molecule has 1 saturated heterocycles. The largest absolute Gasteiger partial charge is 0.310 e. The summed E-state index contributed by atoms with van der Waals surface area (Å²) < 4.78 is 13.3. The van der Waals surface area contributed by atoms with Crippen molar-refractivity contribution < 1.29 is 4.39 Å². The Kier molecular flexibility index (Phi) is 2.47. The second-order valence-corrected chi connectivity index (χ2v) is 3.46. The lowest BCUT2D eigenvalue weighted by molar-refractivity contribution is 0.601. The Morgan fingerprint density at radius 3 is 3.00 bits per heavy atom. The van der Waals surface area contributed by atoms with Crippen LogP contribution in [0.2, 0.25) is 0 Å². The van der Waals surface area contributed by atoms with E-state index in [0.717, 1.165) is 24.9 Å². The molecule has 1 heterocycles. The van der Waals surface area contributed by atoms with Crippen molar-refractivity contribution in [2.75, 3.05) is 6.54 Å². The highest BCUT2D eigenvalue weighted by atomic mass is 19.1. The number of halogens is 1. The van der Waals surface area contributed by atoms with Crippen LogP contribution in [0.25, 0.3) is 0 Å². The Hall–Kier alpha value is -1.40. The number of nitrogens with one attached hydrogen (secondary N) is 1. The molecule has 0 unspecified atom stereocenters. The molecular formula is C11H11FN2. The lowest BCUT2D eigenvalue weighted by atomic mass is 9.99. The molecule has 0 saturated carbocycles. The van der Waals surface area contributed by atoms with Gasteiger partial charge in [0.05, 0.1) is 5.56 Å². The smallest absolute Gasteiger partial charge is 0.141 e. The highest BCUT2D eigenvalue weighted by Gasteiger charge is 2.20. The summed E-state index contributed by atoms with van der Waals surface area (Å²) in [5.74, 6) is -0.418. The van der Waals surface area contributed by atoms with Gasteiger partial charge in [-0.1, -0.05) is 12.1 Å². The zero-order chi connectivity index (χ0) is 9.97. The molecule has 0 bridgehead atoms. The van der Waals surface area contributed by atoms with Crippen LogP contribution in [0.4, 0.5) is 4.39 Å². The van der Waals surface area contributed by atoms with E-state index in [1.807, 2.05) is 12.1 Å². The van der Waals surface area contributed by atoms with Gasteiger partial charge in [-0.05, 0) is 31.0 Å². The van der Waals surface area contributed by atoms with E-state index in [4.69, 9.17) is 5.26 Å². The lowest BCUT2D eigenvalue weighted by Crippen LogP contribution is -2.14. The molecule has 1 aromatic carbocycles. The van der Waals surface area contributed by atoms with Crippen LogP contribution in [0.3, 0.4) is 0 Å². The Labute approximate surface area is 82.4 Å². The molecule has 0 aliphatic carbocycles. The van der Waals surface area contributed by atoms with Gasteiger partial charge in [-0.25, -0.2) is 4.39 Å². The normalized spacial score (nSPS) is 20.7. The van der Waals surface area contributed by atoms with E-state index in [1.54, 1.807) is 6.07 Å². The van der Waals surface area contributed by atoms with E-state index in [-0.39, 0.29) is 11.6 Å². The first kappa shape index (κ1) is 9.17. The molecule has 1 N–H and O–H groups in total. The summed E-state index contributed by atoms with van der Waals surface area (Å²) in [6, 6.07) is 6.89. The van der Waals surface area contributed by atoms with Gasteiger partial charge in [-0.15, -0.1) is 0 Å². The Morgan fingerprint density at radius 1 is 1.50 bits per heavy atom. The number of nitrogens with zero attached hydrogens (tertiary/aromatic N) is 1. The van der Waals surface area contributed by atoms with Crippen molar-refractivity contribution in [3.63, 3.8) is 0 Å². The predicted molar refractivity (Wildman–Crippen MR) is 51.1 cm³/mol. The van der Waals surface area contributed by atoms with Crippen LogP contribution < -0.4 is 5.32 Å². The third kappa shape index (κ3) is 1.49. The van der Waals surface area contributed by atoms with Crippen LogP contribution in [-0.4, -0.2) is 6.54 Å². The Morgan fingerprint density at radius 2 is 2.36 bits per heavy atom. The maximum absolute atomic E-state index is 13.3. The molecule has 1 aromatic rings. The van der Waals surface area contributed by atoms with Gasteiger partial charge in [0.1, 0.15) is 11.9 Å². The van der Waals surface area contributed by atoms with E-state index >= 15 is 0 Å². The van der Waals surface area contributed by atoms with Gasteiger partial charge < -0.3 is 5.32 Å². The number of rotatable bonds is 1. The molecular weight excluding hydrogens is 179 g/mol. The van der Waals surface area contributed by atoms with Gasteiger partial charge in [-0.2, -0.15) is 5.26 Å². The molecule has 1 atom stereocenters. The molecule has 1 aliphatic heterocycles. The fourth-order valence-corrected chi connectivity index (χ4v) is 1.90. The Bertz CT molecular complexity index is 375. The Balaban J connectivity index is 2.42. The highest BCUT2D eigenvalue weighted by molar-refractivity contribution is 5.41. The quantitative estimate of drug-likeness (QED) is 0.736. The summed E-state index contributed by atoms with van der Waals surface area (Å²) in [6.07, 6.45) is 2.07. The first-order valence-corrected chi connectivity index (χ1v) is 4.75. The van der Waals surface area contributed by atoms with Crippen LogP contribution in [0.5, 0.6) is 0 Å². The number of hydrogen-bond acceptors (Lipinski definition) is 2. The molecule has 3 heteroatoms. The molecule has 0 aromatic heterocycles. The van der Waals surface area contributed by atoms with Crippen molar-refractivity contribution in [2.45, 2.75) is 18.9 Å². The van der Waals surface area contributed by atoms with Crippen LogP contribution in [0.15, 0.2) is 18.2 Å². The topological polar surface area (TPSA) is 35.8 Å². The summed E-state index contributed by atoms with van der Waals surface area (Å²) in [4.78, 5) is 0. The van der Waals surface area contributed by atoms with E-state index in [1.165, 1.54) is 6.07 Å². The minimum absolute atomic E-state index is 0.153. The molecule has 0 amide bonds. The van der Waals surface area contributed by atoms with Crippen LogP contribution in [0.1, 0.15) is 30.0 Å². The number of hydrogen-bond donors (Lipinski definition) is 1. The molecule has 14 heavy (non-hydrogen) atoms. The average Bonchev–Trinajstić information content (AvgIpc) is 2.70. The predicted octanol–water partition coefficient (Wildman–Crippen LogP) is 2.12. The van der Waals surface area contributed by atoms with Crippen molar-refractivity contribution >= 4 is 0 Å². The summed E-state index contributed by atoms with van der Waals surface area (Å²) in [5.41, 5.74) is 0.983. The van der Waals surface area contributed by atoms with Crippen molar-refractivity contribution in [1.82, 2.24) is 5.32 Å². The lowest BCUT2D eigenvalue weighted by Gasteiger charge is -2.12. The molecule has 0 spiro atoms. The molecule has 72 valence electrons. The van der Waals surface area contributed by atoms with Gasteiger partial charge >= 0.3 is 0 Å². The first-order valence-electron chi connectivity index (χ1n) is 4.75. The molecule has 2 nitrogen and oxygen atoms in total. The molecule has 0 radical (unpaired) electrons. The fourth-order valence-electron chi connectivity index (χ4n) is 1.90. The zero-order valence-corrected chi connectivity index (χ0v) is 7.76. The van der Waals surface area contributed by atoms with Gasteiger partial charge in [0.15, 0.2) is 0 Å². The minimum atomic E-state index is -0.418. The van der Waals surface area contributed by atoms with Gasteiger partial charge in [0.2, 0.25) is 0 Å². The van der Waals surface area contributed by atoms with E-state index in [0.29, 0.717) is 0 Å². The van der Waals surface area contributed by atoms with Crippen LogP contribution in [-0.2, 0) is 0 Å². The average molecular weight is 190 g/mol. The summed E-state index contributed by atoms with van der Waals surface area (Å²) in [7, 11) is 0. The van der Waals surface area contributed by atoms with E-state index in [9.17, 15) is 4.39 Å². The standard InChI is InChI=1S/C11H11FN2/c12-10-4-1-3-8(9(10)7-13)11-5-2-6-14-11/h1,3-4,11,14H,2,5-6H2/t11-/m1/s1. The highest BCUT2D eigenvalue weighted by Crippen LogP contribution is 2.26. The van der Waals surface area contributed by atoms with E-state index in [2.05, 4.69) is 5.32 Å². The summed E-state index contributed by atoms with van der Waals surface area (Å²) in [6.45, 7) is 0.950. The second kappa shape index (κ2) is 3.77. The minimum Gasteiger partial charge on any atom is -0.310 e. The first-order chi connectivity index (χ1) is 6.83. The van der Waals surface area contributed by atoms with Crippen molar-refractivity contribution in [3.8, 4) is 6.07 Å². The maximum Gasteiger partial charge on any atom is 0.141 e. The van der Waals surface area contributed by atoms with Crippen LogP contribution in [0, 0.1) is 17.1 Å². The fraction of sp³-hybridized carbons (Fsp3) is 0.364. The zero-order valence-electron chi connectivity index (χ0n) is 7.76. The van der Waals surface area contributed by atoms with E-state index < -0.39 is 5.82 Å². The molecule has 1 aliphatic rings. The third-order valence-corrected chi connectivity index (χ3v) is 2.59. The molecule has 2 rings (SSSR count). The monoisotopic (exact) mass is 190 g/mol. The number of nitriles is 1. The summed E-state index contributed by atoms with van der Waals surface area (Å²) >= 11 is 0. The summed E-state index contributed by atoms with van der Waals surface area (Å²) in [5, 5.41) is 12.1.